The molecule has 0 amide bonds. The Balaban J connectivity index is 2.22. The third-order valence-corrected chi connectivity index (χ3v) is 2.96. The molecular formula is C12H8O2. The molecular weight excluding hydrogens is 176 g/mol. The molecule has 5 rings (SSSR count). The van der Waals surface area contributed by atoms with Gasteiger partial charge in [0.05, 0.1) is 0 Å². The molecule has 1 atom stereocenters. The van der Waals surface area contributed by atoms with Crippen molar-refractivity contribution in [1.82, 2.24) is 0 Å². The number of ether oxygens (including phenoxy) is 2. The van der Waals surface area contributed by atoms with Crippen molar-refractivity contribution in [3.63, 3.8) is 0 Å². The smallest absolute Gasteiger partial charge is 0.245 e. The summed E-state index contributed by atoms with van der Waals surface area (Å²) in [6.07, 6.45) is 0.732. The minimum Gasteiger partial charge on any atom is -0.451 e. The first kappa shape index (κ1) is 6.71. The highest BCUT2D eigenvalue weighted by Crippen LogP contribution is 2.43. The van der Waals surface area contributed by atoms with Crippen LogP contribution in [0.1, 0.15) is 5.56 Å². The predicted octanol–water partition coefficient (Wildman–Crippen LogP) is 2.44. The van der Waals surface area contributed by atoms with Crippen molar-refractivity contribution in [3.05, 3.63) is 35.9 Å². The van der Waals surface area contributed by atoms with E-state index in [1.54, 1.807) is 0 Å². The average molecular weight is 184 g/mol. The normalized spacial score (nSPS) is 21.0. The maximum atomic E-state index is 5.67. The maximum Gasteiger partial charge on any atom is 0.245 e. The summed E-state index contributed by atoms with van der Waals surface area (Å²) in [5.41, 5.74) is 3.89. The standard InChI is InChI=1S/C12H8O2/c1-2-8-6-12-13-10-4-3-9(8)7(1)5-11(10)14-12/h1-5,12H,6H2. The van der Waals surface area contributed by atoms with Crippen LogP contribution in [0.25, 0.3) is 11.1 Å². The van der Waals surface area contributed by atoms with E-state index in [9.17, 15) is 0 Å². The lowest BCUT2D eigenvalue weighted by Crippen LogP contribution is -2.21. The Labute approximate surface area is 81.4 Å². The van der Waals surface area contributed by atoms with Gasteiger partial charge in [-0.1, -0.05) is 18.2 Å². The van der Waals surface area contributed by atoms with Gasteiger partial charge in [-0.15, -0.1) is 0 Å². The Morgan fingerprint density at radius 1 is 1.00 bits per heavy atom. The molecule has 0 aromatic carbocycles. The molecule has 6 bridgehead atoms. The first-order valence-electron chi connectivity index (χ1n) is 4.79. The van der Waals surface area contributed by atoms with Crippen LogP contribution >= 0.6 is 0 Å². The molecule has 1 unspecified atom stereocenters. The van der Waals surface area contributed by atoms with E-state index in [1.807, 2.05) is 6.07 Å². The molecule has 0 saturated carbocycles. The molecule has 0 N–H and O–H groups in total. The van der Waals surface area contributed by atoms with E-state index in [2.05, 4.69) is 24.3 Å². The van der Waals surface area contributed by atoms with E-state index in [0.717, 1.165) is 17.9 Å². The van der Waals surface area contributed by atoms with E-state index in [1.165, 1.54) is 16.7 Å². The fourth-order valence-electron chi connectivity index (χ4n) is 2.28. The van der Waals surface area contributed by atoms with Gasteiger partial charge in [0.1, 0.15) is 0 Å². The lowest BCUT2D eigenvalue weighted by Gasteiger charge is -2.13. The van der Waals surface area contributed by atoms with Crippen molar-refractivity contribution in [2.75, 3.05) is 0 Å². The monoisotopic (exact) mass is 184 g/mol. The second-order valence-corrected chi connectivity index (χ2v) is 3.80. The molecule has 3 aliphatic heterocycles. The van der Waals surface area contributed by atoms with E-state index < -0.39 is 0 Å². The Morgan fingerprint density at radius 2 is 1.93 bits per heavy atom. The molecule has 0 saturated heterocycles. The molecule has 0 fully saturated rings. The van der Waals surface area contributed by atoms with E-state index in [0.29, 0.717) is 0 Å². The SMILES string of the molecule is c1cc2c3ccc4c(cc1-3)OC(C2)O4. The Morgan fingerprint density at radius 3 is 2.93 bits per heavy atom. The summed E-state index contributed by atoms with van der Waals surface area (Å²) in [6.45, 7) is 0. The van der Waals surface area contributed by atoms with Gasteiger partial charge in [0.15, 0.2) is 11.5 Å². The Bertz CT molecular complexity index is 504. The molecule has 2 heteroatoms. The van der Waals surface area contributed by atoms with Crippen LogP contribution in [-0.4, -0.2) is 6.29 Å². The second-order valence-electron chi connectivity index (χ2n) is 3.80. The van der Waals surface area contributed by atoms with Crippen LogP contribution in [-0.2, 0) is 6.42 Å². The summed E-state index contributed by atoms with van der Waals surface area (Å²) in [4.78, 5) is 0. The van der Waals surface area contributed by atoms with Crippen molar-refractivity contribution in [2.24, 2.45) is 0 Å². The second kappa shape index (κ2) is 2.03. The predicted molar refractivity (Wildman–Crippen MR) is 51.8 cm³/mol. The number of fused-ring (bicyclic) bond motifs is 1. The van der Waals surface area contributed by atoms with Crippen LogP contribution in [0.4, 0.5) is 0 Å². The van der Waals surface area contributed by atoms with Gasteiger partial charge in [0.2, 0.25) is 6.29 Å². The molecule has 2 aliphatic carbocycles. The zero-order valence-corrected chi connectivity index (χ0v) is 7.49. The summed E-state index contributed by atoms with van der Waals surface area (Å²) < 4.78 is 11.3. The molecule has 68 valence electrons. The highest BCUT2D eigenvalue weighted by molar-refractivity contribution is 5.74. The lowest BCUT2D eigenvalue weighted by molar-refractivity contribution is 0.0498. The van der Waals surface area contributed by atoms with Crippen LogP contribution in [0.15, 0.2) is 30.3 Å². The van der Waals surface area contributed by atoms with Crippen molar-refractivity contribution in [1.29, 1.82) is 0 Å². The zero-order chi connectivity index (χ0) is 9.12. The fraction of sp³-hybridized carbons (Fsp3) is 0.167. The zero-order valence-electron chi connectivity index (χ0n) is 7.49. The van der Waals surface area contributed by atoms with E-state index >= 15 is 0 Å². The van der Waals surface area contributed by atoms with Crippen molar-refractivity contribution in [2.45, 2.75) is 12.7 Å². The molecule has 3 heterocycles. The van der Waals surface area contributed by atoms with Gasteiger partial charge in [-0.3, -0.25) is 0 Å². The molecule has 5 aliphatic rings. The van der Waals surface area contributed by atoms with Gasteiger partial charge in [0, 0.05) is 6.42 Å². The molecule has 2 nitrogen and oxygen atoms in total. The topological polar surface area (TPSA) is 18.5 Å². The van der Waals surface area contributed by atoms with Crippen LogP contribution in [0, 0.1) is 0 Å². The van der Waals surface area contributed by atoms with Gasteiger partial charge >= 0.3 is 0 Å². The molecule has 14 heavy (non-hydrogen) atoms. The maximum absolute atomic E-state index is 5.67. The van der Waals surface area contributed by atoms with E-state index in [4.69, 9.17) is 9.47 Å². The number of hydrogen-bond donors (Lipinski definition) is 0. The summed E-state index contributed by atoms with van der Waals surface area (Å²) in [7, 11) is 0. The van der Waals surface area contributed by atoms with E-state index in [-0.39, 0.29) is 6.29 Å². The first-order valence-corrected chi connectivity index (χ1v) is 4.79. The Kier molecular flexibility index (Phi) is 0.973. The highest BCUT2D eigenvalue weighted by Gasteiger charge is 2.29. The van der Waals surface area contributed by atoms with Gasteiger partial charge in [-0.05, 0) is 28.8 Å². The minimum absolute atomic E-state index is 0.115. The summed E-state index contributed by atoms with van der Waals surface area (Å²) in [6, 6.07) is 10.5. The van der Waals surface area contributed by atoms with Crippen LogP contribution < -0.4 is 9.47 Å². The number of rotatable bonds is 0. The van der Waals surface area contributed by atoms with Gasteiger partial charge in [-0.25, -0.2) is 0 Å². The number of hydrogen-bond acceptors (Lipinski definition) is 2. The molecule has 0 spiro atoms. The molecule has 0 radical (unpaired) electrons. The third kappa shape index (κ3) is 0.676. The lowest BCUT2D eigenvalue weighted by atomic mass is 10.1. The van der Waals surface area contributed by atoms with Crippen LogP contribution in [0.2, 0.25) is 0 Å². The third-order valence-electron chi connectivity index (χ3n) is 2.96. The Hall–Kier alpha value is -1.70. The fourth-order valence-corrected chi connectivity index (χ4v) is 2.28. The van der Waals surface area contributed by atoms with Gasteiger partial charge < -0.3 is 9.47 Å². The largest absolute Gasteiger partial charge is 0.451 e. The quantitative estimate of drug-likeness (QED) is 0.626. The summed E-state index contributed by atoms with van der Waals surface area (Å²) in [5.74, 6) is 1.75. The average Bonchev–Trinajstić information content (AvgIpc) is 2.67. The minimum atomic E-state index is -0.115. The summed E-state index contributed by atoms with van der Waals surface area (Å²) in [5, 5.41) is 0. The highest BCUT2D eigenvalue weighted by atomic mass is 16.7. The molecule has 0 aromatic rings. The molecule has 0 aromatic heterocycles. The van der Waals surface area contributed by atoms with Crippen molar-refractivity contribution in [3.8, 4) is 22.6 Å². The van der Waals surface area contributed by atoms with Crippen molar-refractivity contribution < 1.29 is 9.47 Å². The van der Waals surface area contributed by atoms with Crippen LogP contribution in [0.3, 0.4) is 0 Å². The first-order chi connectivity index (χ1) is 6.90. The van der Waals surface area contributed by atoms with Gasteiger partial charge in [0.25, 0.3) is 0 Å². The van der Waals surface area contributed by atoms with Crippen LogP contribution in [0.5, 0.6) is 11.5 Å². The summed E-state index contributed by atoms with van der Waals surface area (Å²) >= 11 is 0. The van der Waals surface area contributed by atoms with Gasteiger partial charge in [-0.2, -0.15) is 0 Å². The van der Waals surface area contributed by atoms with Crippen molar-refractivity contribution >= 4 is 0 Å².